The first-order valence-corrected chi connectivity index (χ1v) is 8.18. The fourth-order valence-electron chi connectivity index (χ4n) is 2.49. The van der Waals surface area contributed by atoms with Gasteiger partial charge < -0.3 is 15.7 Å². The second-order valence-electron chi connectivity index (χ2n) is 6.90. The first-order valence-electron chi connectivity index (χ1n) is 7.80. The largest absolute Gasteiger partial charge is 0.396 e. The highest BCUT2D eigenvalue weighted by atomic mass is 35.5. The average molecular weight is 325 g/mol. The van der Waals surface area contributed by atoms with E-state index >= 15 is 0 Å². The number of urea groups is 1. The average Bonchev–Trinajstić information content (AvgIpc) is 3.25. The Morgan fingerprint density at radius 2 is 1.95 bits per heavy atom. The lowest BCUT2D eigenvalue weighted by atomic mass is 9.89. The normalized spacial score (nSPS) is 16.2. The monoisotopic (exact) mass is 324 g/mol. The molecule has 0 aliphatic heterocycles. The van der Waals surface area contributed by atoms with Crippen molar-refractivity contribution in [2.75, 3.05) is 13.2 Å². The Kier molecular flexibility index (Phi) is 5.35. The van der Waals surface area contributed by atoms with Gasteiger partial charge in [0.1, 0.15) is 0 Å². The maximum Gasteiger partial charge on any atom is 0.315 e. The van der Waals surface area contributed by atoms with Crippen LogP contribution in [0.15, 0.2) is 24.3 Å². The quantitative estimate of drug-likeness (QED) is 0.673. The molecule has 0 radical (unpaired) electrons. The van der Waals surface area contributed by atoms with Gasteiger partial charge in [-0.15, -0.1) is 0 Å². The summed E-state index contributed by atoms with van der Waals surface area (Å²) >= 11 is 5.90. The smallest absolute Gasteiger partial charge is 0.315 e. The number of nitrogens with one attached hydrogen (secondary N) is 2. The molecule has 122 valence electrons. The number of benzene rings is 1. The molecule has 0 unspecified atom stereocenters. The third-order valence-electron chi connectivity index (χ3n) is 4.24. The lowest BCUT2D eigenvalue weighted by molar-refractivity contribution is 0.148. The zero-order chi connectivity index (χ0) is 16.2. The number of aliphatic hydroxyl groups is 1. The van der Waals surface area contributed by atoms with Crippen molar-refractivity contribution in [3.63, 3.8) is 0 Å². The van der Waals surface area contributed by atoms with Gasteiger partial charge in [-0.3, -0.25) is 0 Å². The van der Waals surface area contributed by atoms with Crippen LogP contribution < -0.4 is 10.6 Å². The fraction of sp³-hybridized carbons (Fsp3) is 0.588. The fourth-order valence-corrected chi connectivity index (χ4v) is 2.62. The molecule has 2 rings (SSSR count). The number of carbonyl (C=O) groups is 1. The minimum Gasteiger partial charge on any atom is -0.396 e. The SMILES string of the molecule is CC(C)(CO)CCCNC(=O)NC1(c2ccc(Cl)cc2)CC1. The van der Waals surface area contributed by atoms with E-state index in [1.807, 2.05) is 38.1 Å². The van der Waals surface area contributed by atoms with Gasteiger partial charge in [0.2, 0.25) is 0 Å². The van der Waals surface area contributed by atoms with Crippen molar-refractivity contribution < 1.29 is 9.90 Å². The van der Waals surface area contributed by atoms with Crippen molar-refractivity contribution in [1.82, 2.24) is 10.6 Å². The summed E-state index contributed by atoms with van der Waals surface area (Å²) in [4.78, 5) is 12.0. The van der Waals surface area contributed by atoms with Crippen molar-refractivity contribution in [3.8, 4) is 0 Å². The molecular formula is C17H25ClN2O2. The van der Waals surface area contributed by atoms with Crippen LogP contribution in [0.2, 0.25) is 5.02 Å². The van der Waals surface area contributed by atoms with Crippen LogP contribution in [0.5, 0.6) is 0 Å². The van der Waals surface area contributed by atoms with Crippen molar-refractivity contribution in [1.29, 1.82) is 0 Å². The molecular weight excluding hydrogens is 300 g/mol. The summed E-state index contributed by atoms with van der Waals surface area (Å²) in [5, 5.41) is 15.9. The number of hydrogen-bond acceptors (Lipinski definition) is 2. The first-order chi connectivity index (χ1) is 10.4. The van der Waals surface area contributed by atoms with E-state index in [0.29, 0.717) is 11.6 Å². The van der Waals surface area contributed by atoms with Crippen LogP contribution in [0.25, 0.3) is 0 Å². The Morgan fingerprint density at radius 1 is 1.32 bits per heavy atom. The van der Waals surface area contributed by atoms with E-state index in [2.05, 4.69) is 10.6 Å². The second-order valence-corrected chi connectivity index (χ2v) is 7.33. The summed E-state index contributed by atoms with van der Waals surface area (Å²) in [6, 6.07) is 7.52. The van der Waals surface area contributed by atoms with Crippen molar-refractivity contribution in [2.45, 2.75) is 45.1 Å². The molecule has 1 saturated carbocycles. The lowest BCUT2D eigenvalue weighted by Crippen LogP contribution is -2.42. The van der Waals surface area contributed by atoms with E-state index < -0.39 is 0 Å². The molecule has 0 spiro atoms. The standard InChI is InChI=1S/C17H25ClN2O2/c1-16(2,12-21)8-3-11-19-15(22)20-17(9-10-17)13-4-6-14(18)7-5-13/h4-7,21H,3,8-12H2,1-2H3,(H2,19,20,22). The number of aliphatic hydroxyl groups excluding tert-OH is 1. The third-order valence-corrected chi connectivity index (χ3v) is 4.50. The maximum absolute atomic E-state index is 12.0. The highest BCUT2D eigenvalue weighted by molar-refractivity contribution is 6.30. The Labute approximate surface area is 137 Å². The molecule has 3 N–H and O–H groups in total. The van der Waals surface area contributed by atoms with Crippen molar-refractivity contribution in [2.24, 2.45) is 5.41 Å². The first kappa shape index (κ1) is 17.1. The van der Waals surface area contributed by atoms with Crippen molar-refractivity contribution in [3.05, 3.63) is 34.9 Å². The van der Waals surface area contributed by atoms with Gasteiger partial charge in [-0.25, -0.2) is 4.79 Å². The molecule has 0 atom stereocenters. The van der Waals surface area contributed by atoms with Gasteiger partial charge in [-0.1, -0.05) is 37.6 Å². The second kappa shape index (κ2) is 6.88. The molecule has 4 nitrogen and oxygen atoms in total. The van der Waals surface area contributed by atoms with Gasteiger partial charge in [0.15, 0.2) is 0 Å². The van der Waals surface area contributed by atoms with Crippen LogP contribution in [-0.2, 0) is 5.54 Å². The number of hydrogen-bond donors (Lipinski definition) is 3. The van der Waals surface area contributed by atoms with Crippen LogP contribution in [0.1, 0.15) is 45.1 Å². The summed E-state index contributed by atoms with van der Waals surface area (Å²) in [7, 11) is 0. The van der Waals surface area contributed by atoms with Gasteiger partial charge in [-0.2, -0.15) is 0 Å². The Balaban J connectivity index is 1.76. The molecule has 5 heteroatoms. The minimum absolute atomic E-state index is 0.0841. The van der Waals surface area contributed by atoms with Crippen LogP contribution in [0, 0.1) is 5.41 Å². The van der Waals surface area contributed by atoms with Crippen LogP contribution in [0.4, 0.5) is 4.79 Å². The van der Waals surface area contributed by atoms with Gasteiger partial charge >= 0.3 is 6.03 Å². The predicted molar refractivity (Wildman–Crippen MR) is 89.0 cm³/mol. The number of amides is 2. The van der Waals surface area contributed by atoms with Crippen LogP contribution in [0.3, 0.4) is 0 Å². The summed E-state index contributed by atoms with van der Waals surface area (Å²) in [5.41, 5.74) is 0.798. The molecule has 0 saturated heterocycles. The zero-order valence-corrected chi connectivity index (χ0v) is 14.0. The van der Waals surface area contributed by atoms with Gasteiger partial charge in [-0.05, 0) is 48.8 Å². The molecule has 0 aromatic heterocycles. The van der Waals surface area contributed by atoms with Crippen LogP contribution in [-0.4, -0.2) is 24.3 Å². The number of halogens is 1. The Bertz CT molecular complexity index is 510. The topological polar surface area (TPSA) is 61.4 Å². The van der Waals surface area contributed by atoms with Gasteiger partial charge in [0, 0.05) is 18.2 Å². The molecule has 1 fully saturated rings. The van der Waals surface area contributed by atoms with Gasteiger partial charge in [0.05, 0.1) is 5.54 Å². The van der Waals surface area contributed by atoms with Gasteiger partial charge in [0.25, 0.3) is 0 Å². The molecule has 1 aliphatic rings. The van der Waals surface area contributed by atoms with E-state index in [1.165, 1.54) is 0 Å². The van der Waals surface area contributed by atoms with Crippen LogP contribution >= 0.6 is 11.6 Å². The Morgan fingerprint density at radius 3 is 2.50 bits per heavy atom. The van der Waals surface area contributed by atoms with E-state index in [-0.39, 0.29) is 23.6 Å². The molecule has 1 aliphatic carbocycles. The lowest BCUT2D eigenvalue weighted by Gasteiger charge is -2.22. The summed E-state index contributed by atoms with van der Waals surface area (Å²) < 4.78 is 0. The molecule has 1 aromatic rings. The molecule has 0 bridgehead atoms. The van der Waals surface area contributed by atoms with E-state index in [1.54, 1.807) is 0 Å². The van der Waals surface area contributed by atoms with Crippen molar-refractivity contribution >= 4 is 17.6 Å². The number of rotatable bonds is 7. The predicted octanol–water partition coefficient (Wildman–Crippen LogP) is 3.43. The Hall–Kier alpha value is -1.26. The van der Waals surface area contributed by atoms with E-state index in [0.717, 1.165) is 31.2 Å². The van der Waals surface area contributed by atoms with E-state index in [4.69, 9.17) is 11.6 Å². The third kappa shape index (κ3) is 4.62. The molecule has 1 aromatic carbocycles. The molecule has 0 heterocycles. The summed E-state index contributed by atoms with van der Waals surface area (Å²) in [5.74, 6) is 0. The van der Waals surface area contributed by atoms with E-state index in [9.17, 15) is 9.90 Å². The highest BCUT2D eigenvalue weighted by Gasteiger charge is 2.45. The maximum atomic E-state index is 12.0. The zero-order valence-electron chi connectivity index (χ0n) is 13.3. The summed E-state index contributed by atoms with van der Waals surface area (Å²) in [6.45, 7) is 4.82. The minimum atomic E-state index is -0.223. The summed E-state index contributed by atoms with van der Waals surface area (Å²) in [6.07, 6.45) is 3.65. The molecule has 22 heavy (non-hydrogen) atoms. The highest BCUT2D eigenvalue weighted by Crippen LogP contribution is 2.45. The number of carbonyl (C=O) groups excluding carboxylic acids is 1. The molecule has 2 amide bonds.